The lowest BCUT2D eigenvalue weighted by molar-refractivity contribution is 0.0879. The van der Waals surface area contributed by atoms with E-state index in [4.69, 9.17) is 4.52 Å². The first kappa shape index (κ1) is 16.2. The predicted octanol–water partition coefficient (Wildman–Crippen LogP) is 2.52. The molecule has 2 aromatic rings. The molecule has 2 N–H and O–H groups in total. The molecule has 22 heavy (non-hydrogen) atoms. The van der Waals surface area contributed by atoms with Gasteiger partial charge in [0.25, 0.3) is 5.91 Å². The Balaban J connectivity index is 1.83. The molecular weight excluding hydrogens is 280 g/mol. The lowest BCUT2D eigenvalue weighted by Crippen LogP contribution is -2.33. The summed E-state index contributed by atoms with van der Waals surface area (Å²) < 4.78 is 5.06. The SMILES string of the molecule is CCC(C)c1cc(C(=O)NCC(O)Cc2ccccc2)on1. The highest BCUT2D eigenvalue weighted by atomic mass is 16.5. The van der Waals surface area contributed by atoms with Gasteiger partial charge in [-0.15, -0.1) is 0 Å². The van der Waals surface area contributed by atoms with Gasteiger partial charge < -0.3 is 14.9 Å². The minimum Gasteiger partial charge on any atom is -0.391 e. The van der Waals surface area contributed by atoms with Crippen LogP contribution in [-0.2, 0) is 6.42 Å². The Bertz CT molecular complexity index is 595. The number of nitrogens with one attached hydrogen (secondary N) is 1. The van der Waals surface area contributed by atoms with Gasteiger partial charge in [0.2, 0.25) is 5.76 Å². The Labute approximate surface area is 130 Å². The average Bonchev–Trinajstić information content (AvgIpc) is 3.03. The molecule has 1 aromatic carbocycles. The van der Waals surface area contributed by atoms with E-state index >= 15 is 0 Å². The Morgan fingerprint density at radius 2 is 2.09 bits per heavy atom. The first-order chi connectivity index (χ1) is 10.6. The summed E-state index contributed by atoms with van der Waals surface area (Å²) in [6, 6.07) is 11.3. The molecule has 0 aliphatic heterocycles. The van der Waals surface area contributed by atoms with E-state index in [1.54, 1.807) is 6.07 Å². The van der Waals surface area contributed by atoms with Crippen LogP contribution in [0.1, 0.15) is 48.0 Å². The summed E-state index contributed by atoms with van der Waals surface area (Å²) in [7, 11) is 0. The lowest BCUT2D eigenvalue weighted by Gasteiger charge is -2.11. The quantitative estimate of drug-likeness (QED) is 0.824. The van der Waals surface area contributed by atoms with Crippen LogP contribution >= 0.6 is 0 Å². The van der Waals surface area contributed by atoms with E-state index in [0.29, 0.717) is 6.42 Å². The second-order valence-electron chi connectivity index (χ2n) is 5.48. The highest BCUT2D eigenvalue weighted by Gasteiger charge is 2.16. The molecule has 1 aromatic heterocycles. The maximum atomic E-state index is 12.0. The molecule has 0 fully saturated rings. The molecule has 0 saturated carbocycles. The lowest BCUT2D eigenvalue weighted by atomic mass is 10.1. The Morgan fingerprint density at radius 1 is 1.36 bits per heavy atom. The number of aliphatic hydroxyl groups excluding tert-OH is 1. The average molecular weight is 302 g/mol. The molecule has 2 unspecified atom stereocenters. The van der Waals surface area contributed by atoms with Gasteiger partial charge in [0.15, 0.2) is 0 Å². The minimum atomic E-state index is -0.636. The molecule has 0 radical (unpaired) electrons. The van der Waals surface area contributed by atoms with Crippen molar-refractivity contribution in [3.05, 3.63) is 53.4 Å². The minimum absolute atomic E-state index is 0.174. The van der Waals surface area contributed by atoms with Crippen LogP contribution in [0.15, 0.2) is 40.9 Å². The topological polar surface area (TPSA) is 75.4 Å². The van der Waals surface area contributed by atoms with Crippen molar-refractivity contribution in [3.63, 3.8) is 0 Å². The largest absolute Gasteiger partial charge is 0.391 e. The van der Waals surface area contributed by atoms with Crippen LogP contribution in [-0.4, -0.2) is 28.8 Å². The number of hydrogen-bond donors (Lipinski definition) is 2. The number of carbonyl (C=O) groups is 1. The fraction of sp³-hybridized carbons (Fsp3) is 0.412. The zero-order chi connectivity index (χ0) is 15.9. The molecule has 5 nitrogen and oxygen atoms in total. The highest BCUT2D eigenvalue weighted by Crippen LogP contribution is 2.18. The predicted molar refractivity (Wildman–Crippen MR) is 83.7 cm³/mol. The number of hydrogen-bond acceptors (Lipinski definition) is 4. The molecular formula is C17H22N2O3. The van der Waals surface area contributed by atoms with E-state index in [1.165, 1.54) is 0 Å². The van der Waals surface area contributed by atoms with Crippen molar-refractivity contribution in [2.24, 2.45) is 0 Å². The van der Waals surface area contributed by atoms with Crippen molar-refractivity contribution in [1.29, 1.82) is 0 Å². The molecule has 5 heteroatoms. The van der Waals surface area contributed by atoms with Gasteiger partial charge in [-0.1, -0.05) is 49.3 Å². The van der Waals surface area contributed by atoms with Gasteiger partial charge in [-0.2, -0.15) is 0 Å². The van der Waals surface area contributed by atoms with Gasteiger partial charge in [-0.3, -0.25) is 4.79 Å². The van der Waals surface area contributed by atoms with Crippen molar-refractivity contribution >= 4 is 5.91 Å². The summed E-state index contributed by atoms with van der Waals surface area (Å²) in [5, 5.41) is 16.5. The maximum absolute atomic E-state index is 12.0. The normalized spacial score (nSPS) is 13.6. The Morgan fingerprint density at radius 3 is 2.77 bits per heavy atom. The second-order valence-corrected chi connectivity index (χ2v) is 5.48. The van der Waals surface area contributed by atoms with Gasteiger partial charge in [0.1, 0.15) is 0 Å². The molecule has 118 valence electrons. The van der Waals surface area contributed by atoms with Gasteiger partial charge in [-0.05, 0) is 12.0 Å². The Hall–Kier alpha value is -2.14. The first-order valence-corrected chi connectivity index (χ1v) is 7.57. The van der Waals surface area contributed by atoms with Crippen LogP contribution < -0.4 is 5.32 Å². The van der Waals surface area contributed by atoms with Crippen molar-refractivity contribution in [1.82, 2.24) is 10.5 Å². The maximum Gasteiger partial charge on any atom is 0.289 e. The Kier molecular flexibility index (Phi) is 5.72. The molecule has 0 spiro atoms. The van der Waals surface area contributed by atoms with E-state index in [0.717, 1.165) is 17.7 Å². The number of nitrogens with zero attached hydrogens (tertiary/aromatic N) is 1. The summed E-state index contributed by atoms with van der Waals surface area (Å²) in [4.78, 5) is 12.0. The van der Waals surface area contributed by atoms with E-state index in [9.17, 15) is 9.90 Å². The van der Waals surface area contributed by atoms with Crippen molar-refractivity contribution in [2.75, 3.05) is 6.54 Å². The summed E-state index contributed by atoms with van der Waals surface area (Å²) in [6.07, 6.45) is 0.794. The fourth-order valence-corrected chi connectivity index (χ4v) is 2.09. The number of carbonyl (C=O) groups excluding carboxylic acids is 1. The zero-order valence-electron chi connectivity index (χ0n) is 13.0. The van der Waals surface area contributed by atoms with Crippen LogP contribution in [0.3, 0.4) is 0 Å². The summed E-state index contributed by atoms with van der Waals surface area (Å²) in [5.74, 6) is 0.0883. The van der Waals surface area contributed by atoms with E-state index < -0.39 is 6.10 Å². The number of benzene rings is 1. The van der Waals surface area contributed by atoms with E-state index in [1.807, 2.05) is 37.3 Å². The first-order valence-electron chi connectivity index (χ1n) is 7.57. The molecule has 1 heterocycles. The van der Waals surface area contributed by atoms with Crippen LogP contribution in [0.25, 0.3) is 0 Å². The zero-order valence-corrected chi connectivity index (χ0v) is 13.0. The van der Waals surface area contributed by atoms with Gasteiger partial charge >= 0.3 is 0 Å². The van der Waals surface area contributed by atoms with Gasteiger partial charge in [0.05, 0.1) is 11.8 Å². The molecule has 2 atom stereocenters. The van der Waals surface area contributed by atoms with Gasteiger partial charge in [0, 0.05) is 24.9 Å². The standard InChI is InChI=1S/C17H22N2O3/c1-3-12(2)15-10-16(22-19-15)17(21)18-11-14(20)9-13-7-5-4-6-8-13/h4-8,10,12,14,20H,3,9,11H2,1-2H3,(H,18,21). The number of amides is 1. The molecule has 0 aliphatic rings. The van der Waals surface area contributed by atoms with Crippen molar-refractivity contribution in [2.45, 2.75) is 38.7 Å². The number of rotatable bonds is 7. The summed E-state index contributed by atoms with van der Waals surface area (Å²) in [5.41, 5.74) is 1.81. The summed E-state index contributed by atoms with van der Waals surface area (Å²) in [6.45, 7) is 4.26. The molecule has 0 bridgehead atoms. The van der Waals surface area contributed by atoms with E-state index in [2.05, 4.69) is 17.4 Å². The molecule has 0 aliphatic carbocycles. The van der Waals surface area contributed by atoms with Crippen molar-refractivity contribution in [3.8, 4) is 0 Å². The van der Waals surface area contributed by atoms with Crippen molar-refractivity contribution < 1.29 is 14.4 Å². The summed E-state index contributed by atoms with van der Waals surface area (Å²) >= 11 is 0. The van der Waals surface area contributed by atoms with Crippen LogP contribution in [0.4, 0.5) is 0 Å². The highest BCUT2D eigenvalue weighted by molar-refractivity contribution is 5.91. The third-order valence-electron chi connectivity index (χ3n) is 3.68. The smallest absolute Gasteiger partial charge is 0.289 e. The number of aromatic nitrogens is 1. The third kappa shape index (κ3) is 4.43. The molecule has 1 amide bonds. The van der Waals surface area contributed by atoms with Gasteiger partial charge in [-0.25, -0.2) is 0 Å². The van der Waals surface area contributed by atoms with E-state index in [-0.39, 0.29) is 24.1 Å². The molecule has 0 saturated heterocycles. The van der Waals surface area contributed by atoms with Crippen LogP contribution in [0.5, 0.6) is 0 Å². The monoisotopic (exact) mass is 302 g/mol. The second kappa shape index (κ2) is 7.75. The fourth-order valence-electron chi connectivity index (χ4n) is 2.09. The van der Waals surface area contributed by atoms with Crippen LogP contribution in [0.2, 0.25) is 0 Å². The van der Waals surface area contributed by atoms with Crippen LogP contribution in [0, 0.1) is 0 Å². The number of aliphatic hydroxyl groups is 1. The molecule has 2 rings (SSSR count). The third-order valence-corrected chi connectivity index (χ3v) is 3.68.